The summed E-state index contributed by atoms with van der Waals surface area (Å²) in [5.41, 5.74) is 2.60. The predicted octanol–water partition coefficient (Wildman–Crippen LogP) is 3.31. The first-order chi connectivity index (χ1) is 9.15. The standard InChI is InChI=1S/C16H24N2O/c1-3-16(9-6-10-16)12-17-11-14-7-4-5-8-15(14)18-13(2)19/h4-5,7-8,17H,3,6,9-12H2,1-2H3,(H,18,19). The molecule has 0 saturated heterocycles. The van der Waals surface area contributed by atoms with E-state index < -0.39 is 0 Å². The van der Waals surface area contributed by atoms with Crippen LogP contribution < -0.4 is 10.6 Å². The van der Waals surface area contributed by atoms with Gasteiger partial charge in [0.05, 0.1) is 0 Å². The summed E-state index contributed by atoms with van der Waals surface area (Å²) < 4.78 is 0. The van der Waals surface area contributed by atoms with E-state index in [0.29, 0.717) is 5.41 Å². The summed E-state index contributed by atoms with van der Waals surface area (Å²) in [6.07, 6.45) is 5.33. The maximum atomic E-state index is 11.2. The van der Waals surface area contributed by atoms with Crippen molar-refractivity contribution in [2.75, 3.05) is 11.9 Å². The lowest BCUT2D eigenvalue weighted by atomic mass is 9.67. The van der Waals surface area contributed by atoms with Crippen LogP contribution in [-0.4, -0.2) is 12.5 Å². The van der Waals surface area contributed by atoms with Crippen LogP contribution in [0, 0.1) is 5.41 Å². The van der Waals surface area contributed by atoms with E-state index in [2.05, 4.69) is 23.6 Å². The number of para-hydroxylation sites is 1. The lowest BCUT2D eigenvalue weighted by Gasteiger charge is -2.41. The van der Waals surface area contributed by atoms with Crippen LogP contribution in [0.15, 0.2) is 24.3 Å². The molecule has 3 nitrogen and oxygen atoms in total. The van der Waals surface area contributed by atoms with Gasteiger partial charge in [-0.25, -0.2) is 0 Å². The van der Waals surface area contributed by atoms with Gasteiger partial charge >= 0.3 is 0 Å². The molecule has 104 valence electrons. The molecule has 1 saturated carbocycles. The average Bonchev–Trinajstić information content (AvgIpc) is 2.34. The van der Waals surface area contributed by atoms with Gasteiger partial charge in [0, 0.05) is 25.7 Å². The maximum absolute atomic E-state index is 11.2. The number of hydrogen-bond acceptors (Lipinski definition) is 2. The topological polar surface area (TPSA) is 41.1 Å². The highest BCUT2D eigenvalue weighted by Crippen LogP contribution is 2.43. The average molecular weight is 260 g/mol. The molecular weight excluding hydrogens is 236 g/mol. The Labute approximate surface area is 115 Å². The van der Waals surface area contributed by atoms with E-state index in [0.717, 1.165) is 24.3 Å². The lowest BCUT2D eigenvalue weighted by Crippen LogP contribution is -2.39. The summed E-state index contributed by atoms with van der Waals surface area (Å²) in [4.78, 5) is 11.2. The van der Waals surface area contributed by atoms with E-state index >= 15 is 0 Å². The molecule has 1 aliphatic rings. The van der Waals surface area contributed by atoms with E-state index in [1.807, 2.05) is 18.2 Å². The van der Waals surface area contributed by atoms with Crippen LogP contribution in [0.4, 0.5) is 5.69 Å². The van der Waals surface area contributed by atoms with Gasteiger partial charge < -0.3 is 10.6 Å². The molecule has 0 unspecified atom stereocenters. The summed E-state index contributed by atoms with van der Waals surface area (Å²) in [6, 6.07) is 7.99. The first-order valence-electron chi connectivity index (χ1n) is 7.21. The predicted molar refractivity (Wildman–Crippen MR) is 79.0 cm³/mol. The first kappa shape index (κ1) is 14.1. The minimum Gasteiger partial charge on any atom is -0.326 e. The molecule has 0 heterocycles. The highest BCUT2D eigenvalue weighted by atomic mass is 16.1. The lowest BCUT2D eigenvalue weighted by molar-refractivity contribution is -0.114. The van der Waals surface area contributed by atoms with Crippen molar-refractivity contribution in [2.45, 2.75) is 46.1 Å². The monoisotopic (exact) mass is 260 g/mol. The Morgan fingerprint density at radius 2 is 2.05 bits per heavy atom. The SMILES string of the molecule is CCC1(CNCc2ccccc2NC(C)=O)CCC1. The molecule has 19 heavy (non-hydrogen) atoms. The van der Waals surface area contributed by atoms with Crippen molar-refractivity contribution in [3.63, 3.8) is 0 Å². The molecule has 0 aromatic heterocycles. The number of amides is 1. The van der Waals surface area contributed by atoms with Crippen LogP contribution in [0.5, 0.6) is 0 Å². The number of anilines is 1. The van der Waals surface area contributed by atoms with Gasteiger partial charge in [0.1, 0.15) is 0 Å². The Hall–Kier alpha value is -1.35. The summed E-state index contributed by atoms with van der Waals surface area (Å²) in [7, 11) is 0. The zero-order valence-electron chi connectivity index (χ0n) is 12.0. The molecule has 0 atom stereocenters. The van der Waals surface area contributed by atoms with E-state index in [4.69, 9.17) is 0 Å². The third-order valence-electron chi connectivity index (χ3n) is 4.31. The number of rotatable bonds is 6. The van der Waals surface area contributed by atoms with Gasteiger partial charge in [-0.2, -0.15) is 0 Å². The Morgan fingerprint density at radius 1 is 1.32 bits per heavy atom. The fraction of sp³-hybridized carbons (Fsp3) is 0.562. The second kappa shape index (κ2) is 6.20. The molecule has 0 spiro atoms. The minimum absolute atomic E-state index is 0.0172. The molecule has 1 aliphatic carbocycles. The highest BCUT2D eigenvalue weighted by molar-refractivity contribution is 5.89. The molecule has 1 aromatic rings. The fourth-order valence-electron chi connectivity index (χ4n) is 2.78. The Kier molecular flexibility index (Phi) is 4.59. The molecule has 0 aliphatic heterocycles. The Bertz CT molecular complexity index is 433. The summed E-state index contributed by atoms with van der Waals surface area (Å²) >= 11 is 0. The number of hydrogen-bond donors (Lipinski definition) is 2. The molecule has 0 radical (unpaired) electrons. The number of benzene rings is 1. The van der Waals surface area contributed by atoms with Crippen molar-refractivity contribution < 1.29 is 4.79 Å². The van der Waals surface area contributed by atoms with Crippen molar-refractivity contribution in [1.82, 2.24) is 5.32 Å². The second-order valence-electron chi connectivity index (χ2n) is 5.65. The van der Waals surface area contributed by atoms with Crippen LogP contribution in [0.2, 0.25) is 0 Å². The van der Waals surface area contributed by atoms with Crippen LogP contribution in [0.1, 0.15) is 45.1 Å². The van der Waals surface area contributed by atoms with Crippen molar-refractivity contribution in [3.05, 3.63) is 29.8 Å². The van der Waals surface area contributed by atoms with Crippen LogP contribution in [0.3, 0.4) is 0 Å². The van der Waals surface area contributed by atoms with Crippen LogP contribution in [0.25, 0.3) is 0 Å². The van der Waals surface area contributed by atoms with Gasteiger partial charge in [0.25, 0.3) is 0 Å². The summed E-state index contributed by atoms with van der Waals surface area (Å²) in [5.74, 6) is -0.0172. The summed E-state index contributed by atoms with van der Waals surface area (Å²) in [5, 5.41) is 6.44. The van der Waals surface area contributed by atoms with E-state index in [1.54, 1.807) is 6.92 Å². The number of nitrogens with one attached hydrogen (secondary N) is 2. The van der Waals surface area contributed by atoms with Crippen LogP contribution >= 0.6 is 0 Å². The van der Waals surface area contributed by atoms with Gasteiger partial charge in [-0.15, -0.1) is 0 Å². The van der Waals surface area contributed by atoms with Crippen molar-refractivity contribution in [1.29, 1.82) is 0 Å². The molecule has 2 rings (SSSR count). The normalized spacial score (nSPS) is 16.7. The smallest absolute Gasteiger partial charge is 0.221 e. The Morgan fingerprint density at radius 3 is 2.63 bits per heavy atom. The zero-order chi connectivity index (χ0) is 13.7. The fourth-order valence-corrected chi connectivity index (χ4v) is 2.78. The quantitative estimate of drug-likeness (QED) is 0.824. The third kappa shape index (κ3) is 3.57. The van der Waals surface area contributed by atoms with E-state index in [1.165, 1.54) is 25.7 Å². The van der Waals surface area contributed by atoms with E-state index in [-0.39, 0.29) is 5.91 Å². The number of carbonyl (C=O) groups excluding carboxylic acids is 1. The van der Waals surface area contributed by atoms with Crippen LogP contribution in [-0.2, 0) is 11.3 Å². The molecule has 3 heteroatoms. The van der Waals surface area contributed by atoms with Crippen molar-refractivity contribution >= 4 is 11.6 Å². The van der Waals surface area contributed by atoms with Gasteiger partial charge in [-0.1, -0.05) is 31.5 Å². The van der Waals surface area contributed by atoms with Gasteiger partial charge in [0.2, 0.25) is 5.91 Å². The van der Waals surface area contributed by atoms with E-state index in [9.17, 15) is 4.79 Å². The molecule has 1 amide bonds. The van der Waals surface area contributed by atoms with Gasteiger partial charge in [0.15, 0.2) is 0 Å². The second-order valence-corrected chi connectivity index (χ2v) is 5.65. The zero-order valence-corrected chi connectivity index (χ0v) is 12.0. The minimum atomic E-state index is -0.0172. The van der Waals surface area contributed by atoms with Gasteiger partial charge in [-0.3, -0.25) is 4.79 Å². The largest absolute Gasteiger partial charge is 0.326 e. The summed E-state index contributed by atoms with van der Waals surface area (Å²) in [6.45, 7) is 5.73. The maximum Gasteiger partial charge on any atom is 0.221 e. The number of carbonyl (C=O) groups is 1. The van der Waals surface area contributed by atoms with Crippen molar-refractivity contribution in [2.24, 2.45) is 5.41 Å². The van der Waals surface area contributed by atoms with Crippen molar-refractivity contribution in [3.8, 4) is 0 Å². The first-order valence-corrected chi connectivity index (χ1v) is 7.21. The highest BCUT2D eigenvalue weighted by Gasteiger charge is 2.34. The molecule has 0 bridgehead atoms. The molecule has 1 aromatic carbocycles. The molecule has 2 N–H and O–H groups in total. The Balaban J connectivity index is 1.90. The van der Waals surface area contributed by atoms with Gasteiger partial charge in [-0.05, 0) is 36.3 Å². The molecular formula is C16H24N2O. The molecule has 1 fully saturated rings. The third-order valence-corrected chi connectivity index (χ3v) is 4.31.